The van der Waals surface area contributed by atoms with Gasteiger partial charge in [-0.15, -0.1) is 0 Å². The smallest absolute Gasteiger partial charge is 0.276 e. The van der Waals surface area contributed by atoms with E-state index in [1.807, 2.05) is 19.1 Å². The van der Waals surface area contributed by atoms with Crippen molar-refractivity contribution < 1.29 is 22.6 Å². The standard InChI is InChI=1S/C19H24N2O5S/c1-5-26-16-7-9-17(10-8-16)27(22,23)21-20-14(2)12-15-6-11-18(24-3)19(13-15)25-4/h6-11,13,21H,5,12H2,1-4H3/b20-14-. The Balaban J connectivity index is 2.07. The van der Waals surface area contributed by atoms with Gasteiger partial charge in [-0.2, -0.15) is 13.5 Å². The topological polar surface area (TPSA) is 86.2 Å². The molecule has 7 nitrogen and oxygen atoms in total. The van der Waals surface area contributed by atoms with Crippen LogP contribution in [0.1, 0.15) is 19.4 Å². The van der Waals surface area contributed by atoms with Gasteiger partial charge in [0.25, 0.3) is 10.0 Å². The van der Waals surface area contributed by atoms with Gasteiger partial charge >= 0.3 is 0 Å². The second-order valence-corrected chi connectivity index (χ2v) is 7.37. The zero-order valence-electron chi connectivity index (χ0n) is 15.9. The fraction of sp³-hybridized carbons (Fsp3) is 0.316. The highest BCUT2D eigenvalue weighted by atomic mass is 32.2. The SMILES string of the molecule is CCOc1ccc(S(=O)(=O)N/N=C(/C)Cc2ccc(OC)c(OC)c2)cc1. The van der Waals surface area contributed by atoms with Crippen molar-refractivity contribution in [3.63, 3.8) is 0 Å². The normalized spacial score (nSPS) is 11.8. The summed E-state index contributed by atoms with van der Waals surface area (Å²) in [6.45, 7) is 4.13. The molecule has 0 saturated carbocycles. The highest BCUT2D eigenvalue weighted by Gasteiger charge is 2.13. The maximum Gasteiger partial charge on any atom is 0.276 e. The van der Waals surface area contributed by atoms with E-state index in [-0.39, 0.29) is 4.90 Å². The maximum atomic E-state index is 12.3. The van der Waals surface area contributed by atoms with Crippen molar-refractivity contribution in [1.82, 2.24) is 4.83 Å². The quantitative estimate of drug-likeness (QED) is 0.524. The van der Waals surface area contributed by atoms with Gasteiger partial charge in [0, 0.05) is 12.1 Å². The molecule has 0 bridgehead atoms. The Bertz CT molecular complexity index is 893. The number of nitrogens with one attached hydrogen (secondary N) is 1. The molecule has 0 atom stereocenters. The highest BCUT2D eigenvalue weighted by Crippen LogP contribution is 2.27. The van der Waals surface area contributed by atoms with E-state index in [9.17, 15) is 8.42 Å². The van der Waals surface area contributed by atoms with Gasteiger partial charge < -0.3 is 14.2 Å². The Morgan fingerprint density at radius 2 is 1.70 bits per heavy atom. The summed E-state index contributed by atoms with van der Waals surface area (Å²) < 4.78 is 40.5. The first-order chi connectivity index (χ1) is 12.9. The van der Waals surface area contributed by atoms with E-state index in [0.29, 0.717) is 36.0 Å². The first-order valence-electron chi connectivity index (χ1n) is 8.38. The average molecular weight is 392 g/mol. The summed E-state index contributed by atoms with van der Waals surface area (Å²) >= 11 is 0. The molecule has 0 spiro atoms. The van der Waals surface area contributed by atoms with E-state index < -0.39 is 10.0 Å². The summed E-state index contributed by atoms with van der Waals surface area (Å²) in [4.78, 5) is 2.38. The van der Waals surface area contributed by atoms with Crippen LogP contribution in [0.5, 0.6) is 17.2 Å². The Kier molecular flexibility index (Phi) is 7.06. The number of sulfonamides is 1. The number of benzene rings is 2. The van der Waals surface area contributed by atoms with Crippen LogP contribution in [0.3, 0.4) is 0 Å². The van der Waals surface area contributed by atoms with Crippen LogP contribution in [0.2, 0.25) is 0 Å². The van der Waals surface area contributed by atoms with Gasteiger partial charge in [-0.25, -0.2) is 4.83 Å². The lowest BCUT2D eigenvalue weighted by molar-refractivity contribution is 0.340. The molecule has 2 aromatic rings. The van der Waals surface area contributed by atoms with Crippen molar-refractivity contribution in [2.24, 2.45) is 5.10 Å². The molecule has 0 fully saturated rings. The maximum absolute atomic E-state index is 12.3. The van der Waals surface area contributed by atoms with Crippen LogP contribution in [0.25, 0.3) is 0 Å². The lowest BCUT2D eigenvalue weighted by Crippen LogP contribution is -2.20. The van der Waals surface area contributed by atoms with Crippen LogP contribution >= 0.6 is 0 Å². The molecule has 0 unspecified atom stereocenters. The van der Waals surface area contributed by atoms with Gasteiger partial charge in [-0.05, 0) is 55.8 Å². The van der Waals surface area contributed by atoms with Crippen LogP contribution in [0.15, 0.2) is 52.5 Å². The third-order valence-electron chi connectivity index (χ3n) is 3.71. The predicted octanol–water partition coefficient (Wildman–Crippen LogP) is 3.00. The van der Waals surface area contributed by atoms with Crippen LogP contribution in [-0.4, -0.2) is 35.0 Å². The monoisotopic (exact) mass is 392 g/mol. The zero-order valence-corrected chi connectivity index (χ0v) is 16.7. The zero-order chi connectivity index (χ0) is 19.9. The van der Waals surface area contributed by atoms with Gasteiger partial charge in [0.1, 0.15) is 5.75 Å². The first-order valence-corrected chi connectivity index (χ1v) is 9.86. The summed E-state index contributed by atoms with van der Waals surface area (Å²) in [5.41, 5.74) is 1.53. The molecule has 0 aliphatic carbocycles. The molecule has 2 aromatic carbocycles. The number of hydrogen-bond donors (Lipinski definition) is 1. The van der Waals surface area contributed by atoms with Gasteiger partial charge in [-0.3, -0.25) is 0 Å². The van der Waals surface area contributed by atoms with Gasteiger partial charge in [-0.1, -0.05) is 6.07 Å². The summed E-state index contributed by atoms with van der Waals surface area (Å²) in [6.07, 6.45) is 0.464. The Hall–Kier alpha value is -2.74. The van der Waals surface area contributed by atoms with E-state index in [1.165, 1.54) is 12.1 Å². The van der Waals surface area contributed by atoms with Crippen LogP contribution in [-0.2, 0) is 16.4 Å². The molecule has 146 valence electrons. The Labute approximate surface area is 160 Å². The highest BCUT2D eigenvalue weighted by molar-refractivity contribution is 7.89. The molecule has 0 aliphatic heterocycles. The fourth-order valence-corrected chi connectivity index (χ4v) is 3.27. The first kappa shape index (κ1) is 20.6. The van der Waals surface area contributed by atoms with Crippen molar-refractivity contribution in [3.8, 4) is 17.2 Å². The molecule has 8 heteroatoms. The van der Waals surface area contributed by atoms with E-state index in [4.69, 9.17) is 14.2 Å². The third-order valence-corrected chi connectivity index (χ3v) is 4.93. The van der Waals surface area contributed by atoms with E-state index in [2.05, 4.69) is 9.93 Å². The number of rotatable bonds is 9. The van der Waals surface area contributed by atoms with Crippen molar-refractivity contribution in [1.29, 1.82) is 0 Å². The van der Waals surface area contributed by atoms with Gasteiger partial charge in [0.2, 0.25) is 0 Å². The number of nitrogens with zero attached hydrogens (tertiary/aromatic N) is 1. The third kappa shape index (κ3) is 5.62. The van der Waals surface area contributed by atoms with E-state index in [1.54, 1.807) is 39.3 Å². The molecule has 1 N–H and O–H groups in total. The lowest BCUT2D eigenvalue weighted by Gasteiger charge is -2.10. The largest absolute Gasteiger partial charge is 0.494 e. The Morgan fingerprint density at radius 1 is 1.04 bits per heavy atom. The number of hydrogen-bond acceptors (Lipinski definition) is 6. The number of methoxy groups -OCH3 is 2. The molecule has 27 heavy (non-hydrogen) atoms. The van der Waals surface area contributed by atoms with Crippen molar-refractivity contribution in [3.05, 3.63) is 48.0 Å². The van der Waals surface area contributed by atoms with Crippen molar-refractivity contribution in [2.75, 3.05) is 20.8 Å². The Morgan fingerprint density at radius 3 is 2.30 bits per heavy atom. The minimum atomic E-state index is -3.74. The van der Waals surface area contributed by atoms with Gasteiger partial charge in [0.05, 0.1) is 25.7 Å². The minimum absolute atomic E-state index is 0.119. The number of hydrazone groups is 1. The molecule has 0 aromatic heterocycles. The molecule has 0 aliphatic rings. The van der Waals surface area contributed by atoms with Crippen molar-refractivity contribution in [2.45, 2.75) is 25.2 Å². The molecule has 0 saturated heterocycles. The molecule has 0 radical (unpaired) electrons. The summed E-state index contributed by atoms with van der Waals surface area (Å²) in [6, 6.07) is 11.7. The second-order valence-electron chi connectivity index (χ2n) is 5.71. The summed E-state index contributed by atoms with van der Waals surface area (Å²) in [5.74, 6) is 1.86. The molecular formula is C19H24N2O5S. The predicted molar refractivity (Wildman–Crippen MR) is 104 cm³/mol. The summed E-state index contributed by atoms with van der Waals surface area (Å²) in [7, 11) is -0.608. The molecule has 2 rings (SSSR count). The van der Waals surface area contributed by atoms with Gasteiger partial charge in [0.15, 0.2) is 11.5 Å². The average Bonchev–Trinajstić information content (AvgIpc) is 2.67. The molecule has 0 amide bonds. The van der Waals surface area contributed by atoms with Crippen LogP contribution in [0.4, 0.5) is 0 Å². The molecular weight excluding hydrogens is 368 g/mol. The second kappa shape index (κ2) is 9.27. The number of ether oxygens (including phenoxy) is 3. The van der Waals surface area contributed by atoms with Crippen molar-refractivity contribution >= 4 is 15.7 Å². The van der Waals surface area contributed by atoms with Crippen LogP contribution in [0, 0.1) is 0 Å². The summed E-state index contributed by atoms with van der Waals surface area (Å²) in [5, 5.41) is 4.00. The fourth-order valence-electron chi connectivity index (χ4n) is 2.40. The lowest BCUT2D eigenvalue weighted by atomic mass is 10.1. The van der Waals surface area contributed by atoms with Crippen LogP contribution < -0.4 is 19.0 Å². The van der Waals surface area contributed by atoms with E-state index >= 15 is 0 Å². The van der Waals surface area contributed by atoms with E-state index in [0.717, 1.165) is 5.56 Å². The molecule has 0 heterocycles. The minimum Gasteiger partial charge on any atom is -0.494 e.